The second-order valence-electron chi connectivity index (χ2n) is 7.77. The zero-order chi connectivity index (χ0) is 25.6. The molecule has 0 bridgehead atoms. The van der Waals surface area contributed by atoms with E-state index < -0.39 is 0 Å². The van der Waals surface area contributed by atoms with Crippen molar-refractivity contribution in [3.63, 3.8) is 0 Å². The Morgan fingerprint density at radius 2 is 1.82 bits per heavy atom. The van der Waals surface area contributed by atoms with E-state index in [0.717, 1.165) is 51.8 Å². The molecule has 0 saturated heterocycles. The van der Waals surface area contributed by atoms with Gasteiger partial charge in [0.2, 0.25) is 0 Å². The van der Waals surface area contributed by atoms with Crippen molar-refractivity contribution in [3.05, 3.63) is 71.7 Å². The van der Waals surface area contributed by atoms with E-state index in [1.54, 1.807) is 7.05 Å². The van der Waals surface area contributed by atoms with Gasteiger partial charge >= 0.3 is 0 Å². The van der Waals surface area contributed by atoms with E-state index in [1.807, 2.05) is 46.9 Å². The van der Waals surface area contributed by atoms with Gasteiger partial charge in [0, 0.05) is 27.1 Å². The van der Waals surface area contributed by atoms with Gasteiger partial charge in [0.05, 0.1) is 29.3 Å². The predicted octanol–water partition coefficient (Wildman–Crippen LogP) is 8.36. The molecule has 2 heterocycles. The average molecular weight is 459 g/mol. The summed E-state index contributed by atoms with van der Waals surface area (Å²) in [4.78, 5) is 13.4. The van der Waals surface area contributed by atoms with Gasteiger partial charge in [0.25, 0.3) is 0 Å². The highest BCUT2D eigenvalue weighted by Crippen LogP contribution is 2.48. The summed E-state index contributed by atoms with van der Waals surface area (Å²) in [5.41, 5.74) is 9.10. The summed E-state index contributed by atoms with van der Waals surface area (Å²) >= 11 is 0. The third kappa shape index (κ3) is 4.50. The molecule has 0 atom stereocenters. The van der Waals surface area contributed by atoms with E-state index in [-0.39, 0.29) is 1.43 Å². The number of rotatable bonds is 4. The SMILES string of the molecule is C=Cc1cc2ccc3c(c2cc1/C(C=NC)=C/C)N(C1=C(C)CN=C1C)C(=C)N3C.CC.CC.[HH]. The number of nitrogens with zero attached hydrogens (tertiary/aromatic N) is 4. The molecule has 0 fully saturated rings. The Labute approximate surface area is 207 Å². The van der Waals surface area contributed by atoms with E-state index in [1.165, 1.54) is 16.3 Å². The topological polar surface area (TPSA) is 31.2 Å². The molecule has 0 radical (unpaired) electrons. The first-order valence-electron chi connectivity index (χ1n) is 12.2. The molecule has 34 heavy (non-hydrogen) atoms. The van der Waals surface area contributed by atoms with Crippen LogP contribution in [0.5, 0.6) is 0 Å². The fraction of sp³-hybridized carbons (Fsp3) is 0.333. The fourth-order valence-electron chi connectivity index (χ4n) is 4.43. The lowest BCUT2D eigenvalue weighted by atomic mass is 9.94. The average Bonchev–Trinajstić information content (AvgIpc) is 3.33. The minimum Gasteiger partial charge on any atom is -0.329 e. The van der Waals surface area contributed by atoms with Crippen LogP contribution in [-0.4, -0.2) is 32.6 Å². The molecule has 0 aromatic heterocycles. The summed E-state index contributed by atoms with van der Waals surface area (Å²) in [6, 6.07) is 8.83. The molecule has 0 N–H and O–H groups in total. The molecule has 182 valence electrons. The Morgan fingerprint density at radius 3 is 2.35 bits per heavy atom. The van der Waals surface area contributed by atoms with Crippen molar-refractivity contribution >= 4 is 45.7 Å². The zero-order valence-electron chi connectivity index (χ0n) is 22.5. The lowest BCUT2D eigenvalue weighted by Crippen LogP contribution is -2.27. The molecule has 4 nitrogen and oxygen atoms in total. The third-order valence-corrected chi connectivity index (χ3v) is 6.00. The first-order valence-corrected chi connectivity index (χ1v) is 12.2. The molecular weight excluding hydrogens is 416 g/mol. The van der Waals surface area contributed by atoms with Crippen LogP contribution in [0, 0.1) is 0 Å². The molecule has 0 unspecified atom stereocenters. The first-order chi connectivity index (χ1) is 16.4. The lowest BCUT2D eigenvalue weighted by molar-refractivity contribution is 1.06. The van der Waals surface area contributed by atoms with Gasteiger partial charge in [0.15, 0.2) is 0 Å². The van der Waals surface area contributed by atoms with Crippen molar-refractivity contribution in [2.45, 2.75) is 48.5 Å². The van der Waals surface area contributed by atoms with Crippen molar-refractivity contribution in [3.8, 4) is 0 Å². The number of aliphatic imine (C=N–C) groups is 2. The van der Waals surface area contributed by atoms with Gasteiger partial charge < -0.3 is 4.90 Å². The summed E-state index contributed by atoms with van der Waals surface area (Å²) in [5, 5.41) is 2.36. The van der Waals surface area contributed by atoms with Crippen LogP contribution in [0.3, 0.4) is 0 Å². The number of anilines is 2. The van der Waals surface area contributed by atoms with Crippen LogP contribution in [0.15, 0.2) is 70.6 Å². The maximum Gasteiger partial charge on any atom is 0.110 e. The second kappa shape index (κ2) is 11.6. The summed E-state index contributed by atoms with van der Waals surface area (Å²) in [6.07, 6.45) is 5.91. The maximum absolute atomic E-state index is 4.67. The quantitative estimate of drug-likeness (QED) is 0.431. The molecule has 2 aromatic rings. The summed E-state index contributed by atoms with van der Waals surface area (Å²) in [6.45, 7) is 23.5. The minimum atomic E-state index is 0. The summed E-state index contributed by atoms with van der Waals surface area (Å²) in [7, 11) is 3.87. The number of hydrogen-bond donors (Lipinski definition) is 0. The van der Waals surface area contributed by atoms with Crippen LogP contribution in [0.2, 0.25) is 0 Å². The van der Waals surface area contributed by atoms with E-state index >= 15 is 0 Å². The Bertz CT molecular complexity index is 1210. The third-order valence-electron chi connectivity index (χ3n) is 6.00. The van der Waals surface area contributed by atoms with Gasteiger partial charge in [-0.1, -0.05) is 59.1 Å². The fourth-order valence-corrected chi connectivity index (χ4v) is 4.43. The van der Waals surface area contributed by atoms with Crippen molar-refractivity contribution in [2.24, 2.45) is 9.98 Å². The van der Waals surface area contributed by atoms with Crippen LogP contribution >= 0.6 is 0 Å². The molecule has 2 aliphatic heterocycles. The Hall–Kier alpha value is -3.40. The van der Waals surface area contributed by atoms with E-state index in [9.17, 15) is 0 Å². The highest BCUT2D eigenvalue weighted by Gasteiger charge is 2.34. The van der Waals surface area contributed by atoms with Crippen molar-refractivity contribution in [1.29, 1.82) is 0 Å². The molecule has 0 spiro atoms. The molecule has 4 heteroatoms. The van der Waals surface area contributed by atoms with Gasteiger partial charge in [-0.15, -0.1) is 0 Å². The molecule has 0 amide bonds. The standard InChI is InChI=1S/C26H28N4.2C2H6.H2/c1-8-19-12-21-10-11-24-26(23(21)13-22(19)20(9-2)15-27-6)30(18(5)29(24)7)25-16(3)14-28-17(25)4;2*1-2;/h8-13,15H,1,5,14H2,2-4,6-7H3;2*1-2H3;1H/b20-9+,27-15?;;;. The number of hydrogen-bond acceptors (Lipinski definition) is 4. The Morgan fingerprint density at radius 1 is 1.15 bits per heavy atom. The normalized spacial score (nSPS) is 15.3. The monoisotopic (exact) mass is 458 g/mol. The van der Waals surface area contributed by atoms with Crippen molar-refractivity contribution < 1.29 is 1.43 Å². The predicted molar refractivity (Wildman–Crippen MR) is 158 cm³/mol. The zero-order valence-corrected chi connectivity index (χ0v) is 22.5. The van der Waals surface area contributed by atoms with Crippen LogP contribution < -0.4 is 9.80 Å². The molecular formula is C30H42N4. The van der Waals surface area contributed by atoms with Gasteiger partial charge in [0.1, 0.15) is 5.82 Å². The molecule has 4 rings (SSSR count). The van der Waals surface area contributed by atoms with Gasteiger partial charge in [-0.25, -0.2) is 0 Å². The highest BCUT2D eigenvalue weighted by atomic mass is 15.4. The smallest absolute Gasteiger partial charge is 0.110 e. The second-order valence-corrected chi connectivity index (χ2v) is 7.77. The lowest BCUT2D eigenvalue weighted by Gasteiger charge is -2.25. The van der Waals surface area contributed by atoms with Crippen molar-refractivity contribution in [1.82, 2.24) is 0 Å². The maximum atomic E-state index is 4.67. The minimum absolute atomic E-state index is 0. The number of benzene rings is 2. The first kappa shape index (κ1) is 26.8. The van der Waals surface area contributed by atoms with Crippen LogP contribution in [0.1, 0.15) is 61.0 Å². The number of allylic oxidation sites excluding steroid dienone is 3. The molecule has 0 aliphatic carbocycles. The molecule has 0 saturated carbocycles. The van der Waals surface area contributed by atoms with Crippen LogP contribution in [-0.2, 0) is 0 Å². The summed E-state index contributed by atoms with van der Waals surface area (Å²) < 4.78 is 0. The van der Waals surface area contributed by atoms with E-state index in [4.69, 9.17) is 0 Å². The van der Waals surface area contributed by atoms with Crippen LogP contribution in [0.4, 0.5) is 11.4 Å². The highest BCUT2D eigenvalue weighted by molar-refractivity contribution is 6.16. The Balaban J connectivity index is 0.00000117. The van der Waals surface area contributed by atoms with Gasteiger partial charge in [-0.05, 0) is 66.6 Å². The van der Waals surface area contributed by atoms with Gasteiger partial charge in [-0.3, -0.25) is 14.9 Å². The molecule has 2 aliphatic rings. The van der Waals surface area contributed by atoms with E-state index in [2.05, 4.69) is 84.2 Å². The van der Waals surface area contributed by atoms with Crippen LogP contribution in [0.25, 0.3) is 22.4 Å². The van der Waals surface area contributed by atoms with Crippen molar-refractivity contribution in [2.75, 3.05) is 30.4 Å². The molecule has 2 aromatic carbocycles. The Kier molecular flexibility index (Phi) is 9.19. The number of fused-ring (bicyclic) bond motifs is 3. The summed E-state index contributed by atoms with van der Waals surface area (Å²) in [5.74, 6) is 0.944. The van der Waals surface area contributed by atoms with E-state index in [0.29, 0.717) is 0 Å². The largest absolute Gasteiger partial charge is 0.329 e. The van der Waals surface area contributed by atoms with Gasteiger partial charge in [-0.2, -0.15) is 0 Å².